The molecule has 1 unspecified atom stereocenters. The fourth-order valence-corrected chi connectivity index (χ4v) is 3.35. The van der Waals surface area contributed by atoms with Crippen LogP contribution in [0.5, 0.6) is 0 Å². The highest BCUT2D eigenvalue weighted by molar-refractivity contribution is 6.70. The number of Topliss-reactive ketones (excluding diaryl/α,β-unsaturated/α-hetero) is 1. The molecule has 5 nitrogen and oxygen atoms in total. The van der Waals surface area contributed by atoms with Crippen molar-refractivity contribution in [2.24, 2.45) is 5.73 Å². The number of aromatic nitrogens is 1. The second-order valence-electron chi connectivity index (χ2n) is 6.76. The second kappa shape index (κ2) is 5.09. The lowest BCUT2D eigenvalue weighted by Crippen LogP contribution is -2.35. The maximum absolute atomic E-state index is 12.8. The monoisotopic (exact) mass is 328 g/mol. The number of nitrogens with zero attached hydrogens (tertiary/aromatic N) is 1. The first-order valence-electron chi connectivity index (χ1n) is 7.49. The molecule has 1 atom stereocenters. The third-order valence-corrected chi connectivity index (χ3v) is 4.49. The zero-order valence-corrected chi connectivity index (χ0v) is 14.7. The minimum Gasteiger partial charge on any atom is -0.538 e. The molecule has 0 saturated heterocycles. The average Bonchev–Trinajstić information content (AvgIpc) is 2.70. The highest BCUT2D eigenvalue weighted by atomic mass is 28.4. The Morgan fingerprint density at radius 2 is 1.87 bits per heavy atom. The predicted octanol–water partition coefficient (Wildman–Crippen LogP) is 3.03. The van der Waals surface area contributed by atoms with Crippen LogP contribution in [0.3, 0.4) is 0 Å². The van der Waals surface area contributed by atoms with Gasteiger partial charge in [0, 0.05) is 5.39 Å². The number of fused-ring (bicyclic) bond motifs is 1. The molecule has 1 aliphatic heterocycles. The van der Waals surface area contributed by atoms with Gasteiger partial charge in [0.2, 0.25) is 25.6 Å². The van der Waals surface area contributed by atoms with Crippen LogP contribution >= 0.6 is 0 Å². The van der Waals surface area contributed by atoms with Crippen molar-refractivity contribution in [2.45, 2.75) is 32.2 Å². The Morgan fingerprint density at radius 3 is 2.57 bits per heavy atom. The van der Waals surface area contributed by atoms with E-state index >= 15 is 0 Å². The van der Waals surface area contributed by atoms with Gasteiger partial charge in [0.25, 0.3) is 5.78 Å². The lowest BCUT2D eigenvalue weighted by molar-refractivity contribution is -0.131. The summed E-state index contributed by atoms with van der Waals surface area (Å²) in [6, 6.07) is 11.4. The van der Waals surface area contributed by atoms with Gasteiger partial charge in [-0.05, 0) is 38.7 Å². The van der Waals surface area contributed by atoms with Crippen molar-refractivity contribution < 1.29 is 14.0 Å². The summed E-state index contributed by atoms with van der Waals surface area (Å²) >= 11 is 0. The average molecular weight is 328 g/mol. The number of rotatable bonds is 3. The normalized spacial score (nSPS) is 21.7. The Morgan fingerprint density at radius 1 is 1.17 bits per heavy atom. The molecule has 6 heteroatoms. The summed E-state index contributed by atoms with van der Waals surface area (Å²) in [5.74, 6) is -0.114. The maximum atomic E-state index is 12.8. The largest absolute Gasteiger partial charge is 0.538 e. The molecule has 0 aliphatic carbocycles. The van der Waals surface area contributed by atoms with E-state index in [9.17, 15) is 4.79 Å². The Kier molecular flexibility index (Phi) is 3.44. The molecule has 2 heterocycles. The minimum absolute atomic E-state index is 0.0369. The Balaban J connectivity index is 2.00. The van der Waals surface area contributed by atoms with Crippen LogP contribution in [0.1, 0.15) is 12.6 Å². The summed E-state index contributed by atoms with van der Waals surface area (Å²) in [6.07, 6.45) is 0. The molecule has 0 bridgehead atoms. The van der Waals surface area contributed by atoms with Gasteiger partial charge in [-0.2, -0.15) is 0 Å². The fourth-order valence-electron chi connectivity index (χ4n) is 2.54. The van der Waals surface area contributed by atoms with E-state index < -0.39 is 13.9 Å². The first kappa shape index (κ1) is 15.5. The van der Waals surface area contributed by atoms with E-state index in [1.807, 2.05) is 50.0 Å². The summed E-state index contributed by atoms with van der Waals surface area (Å²) in [6.45, 7) is 7.65. The fraction of sp³-hybridized carbons (Fsp3) is 0.294. The summed E-state index contributed by atoms with van der Waals surface area (Å²) in [7, 11) is -1.97. The number of hydrogen-bond acceptors (Lipinski definition) is 5. The molecule has 3 rings (SSSR count). The van der Waals surface area contributed by atoms with Gasteiger partial charge in [-0.25, -0.2) is 4.98 Å². The van der Waals surface area contributed by atoms with Crippen molar-refractivity contribution in [2.75, 3.05) is 0 Å². The molecular formula is C17H20N2O3Si. The third-order valence-electron chi connectivity index (χ3n) is 3.67. The first-order valence-corrected chi connectivity index (χ1v) is 10.9. The smallest absolute Gasteiger partial charge is 0.251 e. The van der Waals surface area contributed by atoms with E-state index in [1.165, 1.54) is 0 Å². The molecule has 2 N–H and O–H groups in total. The third kappa shape index (κ3) is 2.70. The first-order chi connectivity index (χ1) is 10.7. The number of benzene rings is 1. The van der Waals surface area contributed by atoms with Gasteiger partial charge in [-0.15, -0.1) is 0 Å². The number of ether oxygens (including phenoxy) is 1. The predicted molar refractivity (Wildman–Crippen MR) is 90.8 cm³/mol. The van der Waals surface area contributed by atoms with E-state index in [1.54, 1.807) is 13.0 Å². The second-order valence-corrected chi connectivity index (χ2v) is 11.2. The number of pyridine rings is 1. The molecule has 0 amide bonds. The van der Waals surface area contributed by atoms with Crippen molar-refractivity contribution in [1.82, 2.24) is 4.98 Å². The summed E-state index contributed by atoms with van der Waals surface area (Å²) in [4.78, 5) is 17.4. The van der Waals surface area contributed by atoms with Gasteiger partial charge >= 0.3 is 0 Å². The standard InChI is InChI=1S/C17H20N2O3Si/c1-17(13-10-9-11-7-5-6-8-12(11)19-13)15(20)14(16(18)21-17)22-23(2,3)4/h5-10H,18H2,1-4H3. The van der Waals surface area contributed by atoms with Crippen molar-refractivity contribution >= 4 is 25.0 Å². The molecule has 1 aromatic carbocycles. The van der Waals surface area contributed by atoms with Crippen molar-refractivity contribution in [3.63, 3.8) is 0 Å². The van der Waals surface area contributed by atoms with Crippen molar-refractivity contribution in [1.29, 1.82) is 0 Å². The summed E-state index contributed by atoms with van der Waals surface area (Å²) in [5.41, 5.74) is 5.99. The van der Waals surface area contributed by atoms with Crippen molar-refractivity contribution in [3.05, 3.63) is 53.7 Å². The van der Waals surface area contributed by atoms with E-state index in [-0.39, 0.29) is 17.4 Å². The van der Waals surface area contributed by atoms with Crippen LogP contribution in [-0.2, 0) is 19.6 Å². The topological polar surface area (TPSA) is 74.4 Å². The van der Waals surface area contributed by atoms with Gasteiger partial charge in [0.15, 0.2) is 0 Å². The lowest BCUT2D eigenvalue weighted by Gasteiger charge is -2.23. The zero-order valence-electron chi connectivity index (χ0n) is 13.7. The highest BCUT2D eigenvalue weighted by Gasteiger charge is 2.50. The number of para-hydroxylation sites is 1. The Labute approximate surface area is 136 Å². The Bertz CT molecular complexity index is 826. The van der Waals surface area contributed by atoms with E-state index in [2.05, 4.69) is 4.98 Å². The van der Waals surface area contributed by atoms with Crippen LogP contribution in [0.2, 0.25) is 19.6 Å². The number of carbonyl (C=O) groups is 1. The van der Waals surface area contributed by atoms with Crippen molar-refractivity contribution in [3.8, 4) is 0 Å². The van der Waals surface area contributed by atoms with E-state index in [0.29, 0.717) is 5.69 Å². The van der Waals surface area contributed by atoms with Gasteiger partial charge in [-0.3, -0.25) is 4.79 Å². The van der Waals surface area contributed by atoms with Gasteiger partial charge in [0.1, 0.15) is 0 Å². The van der Waals surface area contributed by atoms with Gasteiger partial charge < -0.3 is 14.9 Å². The molecule has 2 aromatic rings. The SMILES string of the molecule is CC1(c2ccc3ccccc3n2)OC(N)=C(O[Si](C)(C)C)C1=O. The number of nitrogens with two attached hydrogens (primary N) is 1. The van der Waals surface area contributed by atoms with Crippen LogP contribution in [0.15, 0.2) is 48.0 Å². The number of hydrogen-bond donors (Lipinski definition) is 1. The molecule has 1 aliphatic rings. The number of ketones is 1. The molecule has 120 valence electrons. The molecule has 0 saturated carbocycles. The van der Waals surface area contributed by atoms with Gasteiger partial charge in [-0.1, -0.05) is 24.3 Å². The van der Waals surface area contributed by atoms with E-state index in [0.717, 1.165) is 10.9 Å². The molecule has 23 heavy (non-hydrogen) atoms. The van der Waals surface area contributed by atoms with Crippen LogP contribution in [-0.4, -0.2) is 19.1 Å². The molecular weight excluding hydrogens is 308 g/mol. The molecule has 0 radical (unpaired) electrons. The minimum atomic E-state index is -1.97. The maximum Gasteiger partial charge on any atom is 0.251 e. The highest BCUT2D eigenvalue weighted by Crippen LogP contribution is 2.38. The van der Waals surface area contributed by atoms with Gasteiger partial charge in [0.05, 0.1) is 11.2 Å². The van der Waals surface area contributed by atoms with Crippen LogP contribution < -0.4 is 5.73 Å². The molecule has 1 aromatic heterocycles. The quantitative estimate of drug-likeness (QED) is 0.877. The summed E-state index contributed by atoms with van der Waals surface area (Å²) in [5, 5.41) is 1.00. The van der Waals surface area contributed by atoms with Crippen LogP contribution in [0.4, 0.5) is 0 Å². The number of carbonyl (C=O) groups excluding carboxylic acids is 1. The summed E-state index contributed by atoms with van der Waals surface area (Å²) < 4.78 is 11.5. The van der Waals surface area contributed by atoms with E-state index in [4.69, 9.17) is 14.9 Å². The Hall–Kier alpha value is -2.34. The van der Waals surface area contributed by atoms with Crippen LogP contribution in [0, 0.1) is 0 Å². The lowest BCUT2D eigenvalue weighted by atomic mass is 9.95. The zero-order chi connectivity index (χ0) is 16.8. The molecule has 0 spiro atoms. The molecule has 0 fully saturated rings. The van der Waals surface area contributed by atoms with Crippen LogP contribution in [0.25, 0.3) is 10.9 Å².